The van der Waals surface area contributed by atoms with Crippen LogP contribution in [-0.2, 0) is 18.3 Å². The Labute approximate surface area is 122 Å². The lowest BCUT2D eigenvalue weighted by Gasteiger charge is -2.22. The molecule has 21 heavy (non-hydrogen) atoms. The summed E-state index contributed by atoms with van der Waals surface area (Å²) in [6.45, 7) is 3.78. The van der Waals surface area contributed by atoms with E-state index in [9.17, 15) is 13.6 Å². The number of alkyl halides is 2. The normalized spacial score (nSPS) is 12.3. The topological polar surface area (TPSA) is 81.1 Å². The average Bonchev–Trinajstić information content (AvgIpc) is 2.70. The first-order valence-corrected chi connectivity index (χ1v) is 6.48. The number of hydrogen-bond acceptors (Lipinski definition) is 5. The number of carbonyl (C=O) groups excluding carboxylic acids is 1. The van der Waals surface area contributed by atoms with Gasteiger partial charge in [0.25, 0.3) is 5.92 Å². The Morgan fingerprint density at radius 1 is 1.38 bits per heavy atom. The smallest absolute Gasteiger partial charge is 0.407 e. The summed E-state index contributed by atoms with van der Waals surface area (Å²) in [5, 5.41) is 12.1. The molecule has 1 amide bonds. The van der Waals surface area contributed by atoms with Gasteiger partial charge < -0.3 is 15.4 Å². The van der Waals surface area contributed by atoms with Crippen LogP contribution in [-0.4, -0.2) is 45.7 Å². The Kier molecular flexibility index (Phi) is 5.59. The summed E-state index contributed by atoms with van der Waals surface area (Å²) in [5.74, 6) is -3.08. The molecule has 1 heterocycles. The van der Waals surface area contributed by atoms with Crippen molar-refractivity contribution in [1.29, 1.82) is 0 Å². The van der Waals surface area contributed by atoms with Crippen molar-refractivity contribution >= 4 is 6.09 Å². The molecular weight excluding hydrogens is 284 g/mol. The Morgan fingerprint density at radius 2 is 2.05 bits per heavy atom. The number of halogens is 2. The number of aromatic nitrogens is 3. The molecule has 9 heteroatoms. The van der Waals surface area contributed by atoms with E-state index in [2.05, 4.69) is 15.6 Å². The molecule has 0 aliphatic carbocycles. The molecule has 0 aliphatic heterocycles. The molecular formula is C12H21F2N5O2. The third-order valence-electron chi connectivity index (χ3n) is 2.23. The van der Waals surface area contributed by atoms with Crippen LogP contribution in [0, 0.1) is 0 Å². The highest BCUT2D eigenvalue weighted by molar-refractivity contribution is 5.67. The molecule has 0 spiro atoms. The van der Waals surface area contributed by atoms with Gasteiger partial charge in [-0.3, -0.25) is 4.68 Å². The van der Waals surface area contributed by atoms with Crippen molar-refractivity contribution in [2.45, 2.75) is 38.8 Å². The minimum Gasteiger partial charge on any atom is -0.444 e. The van der Waals surface area contributed by atoms with Crippen LogP contribution in [0.4, 0.5) is 13.6 Å². The largest absolute Gasteiger partial charge is 0.444 e. The van der Waals surface area contributed by atoms with Gasteiger partial charge in [-0.05, 0) is 20.8 Å². The van der Waals surface area contributed by atoms with E-state index in [1.807, 2.05) is 5.32 Å². The minimum atomic E-state index is -3.08. The first-order valence-electron chi connectivity index (χ1n) is 6.48. The Bertz CT molecular complexity index is 470. The van der Waals surface area contributed by atoms with Crippen LogP contribution in [0.2, 0.25) is 0 Å². The van der Waals surface area contributed by atoms with Gasteiger partial charge in [-0.2, -0.15) is 0 Å². The zero-order chi connectivity index (χ0) is 16.1. The second-order valence-electron chi connectivity index (χ2n) is 5.70. The van der Waals surface area contributed by atoms with Crippen LogP contribution in [0.15, 0.2) is 6.20 Å². The van der Waals surface area contributed by atoms with Crippen molar-refractivity contribution in [3.8, 4) is 0 Å². The molecule has 0 aromatic carbocycles. The summed E-state index contributed by atoms with van der Waals surface area (Å²) >= 11 is 0. The highest BCUT2D eigenvalue weighted by Gasteiger charge is 2.30. The van der Waals surface area contributed by atoms with E-state index in [4.69, 9.17) is 4.74 Å². The zero-order valence-corrected chi connectivity index (χ0v) is 12.6. The standard InChI is InChI=1S/C12H21F2N5O2/c1-11(2,3)21-10(20)16-8-12(13,14)7-15-5-9-6-19(4)18-17-9/h6,15H,5,7-8H2,1-4H3,(H,16,20). The van der Waals surface area contributed by atoms with Crippen LogP contribution in [0.3, 0.4) is 0 Å². The lowest BCUT2D eigenvalue weighted by Crippen LogP contribution is -2.44. The zero-order valence-electron chi connectivity index (χ0n) is 12.6. The van der Waals surface area contributed by atoms with Crippen LogP contribution >= 0.6 is 0 Å². The first kappa shape index (κ1) is 17.3. The number of hydrogen-bond donors (Lipinski definition) is 2. The fourth-order valence-corrected chi connectivity index (χ4v) is 1.43. The lowest BCUT2D eigenvalue weighted by molar-refractivity contribution is -0.00381. The van der Waals surface area contributed by atoms with Gasteiger partial charge in [0.05, 0.1) is 18.8 Å². The molecule has 2 N–H and O–H groups in total. The highest BCUT2D eigenvalue weighted by atomic mass is 19.3. The van der Waals surface area contributed by atoms with Gasteiger partial charge in [-0.1, -0.05) is 5.21 Å². The number of carbonyl (C=O) groups is 1. The number of amides is 1. The van der Waals surface area contributed by atoms with E-state index in [1.54, 1.807) is 34.0 Å². The van der Waals surface area contributed by atoms with E-state index in [1.165, 1.54) is 4.68 Å². The first-order chi connectivity index (χ1) is 9.57. The third-order valence-corrected chi connectivity index (χ3v) is 2.23. The summed E-state index contributed by atoms with van der Waals surface area (Å²) < 4.78 is 33.5. The van der Waals surface area contributed by atoms with Crippen LogP contribution in [0.1, 0.15) is 26.5 Å². The lowest BCUT2D eigenvalue weighted by atomic mass is 10.2. The predicted molar refractivity (Wildman–Crippen MR) is 71.9 cm³/mol. The van der Waals surface area contributed by atoms with Crippen molar-refractivity contribution in [3.63, 3.8) is 0 Å². The number of nitrogens with zero attached hydrogens (tertiary/aromatic N) is 3. The molecule has 0 fully saturated rings. The fraction of sp³-hybridized carbons (Fsp3) is 0.750. The Hall–Kier alpha value is -1.77. The maximum absolute atomic E-state index is 13.6. The summed E-state index contributed by atoms with van der Waals surface area (Å²) in [6, 6.07) is 0. The Balaban J connectivity index is 2.28. The summed E-state index contributed by atoms with van der Waals surface area (Å²) in [5.41, 5.74) is -0.155. The highest BCUT2D eigenvalue weighted by Crippen LogP contribution is 2.12. The Morgan fingerprint density at radius 3 is 2.57 bits per heavy atom. The van der Waals surface area contributed by atoms with Crippen LogP contribution < -0.4 is 10.6 Å². The second-order valence-corrected chi connectivity index (χ2v) is 5.70. The molecule has 7 nitrogen and oxygen atoms in total. The van der Waals surface area contributed by atoms with Gasteiger partial charge in [0.2, 0.25) is 0 Å². The van der Waals surface area contributed by atoms with E-state index in [0.29, 0.717) is 5.69 Å². The molecule has 1 aromatic heterocycles. The molecule has 0 saturated heterocycles. The third kappa shape index (κ3) is 7.54. The van der Waals surface area contributed by atoms with Crippen LogP contribution in [0.5, 0.6) is 0 Å². The van der Waals surface area contributed by atoms with Gasteiger partial charge in [0.15, 0.2) is 0 Å². The van der Waals surface area contributed by atoms with Crippen molar-refractivity contribution in [2.24, 2.45) is 7.05 Å². The molecule has 0 saturated carbocycles. The minimum absolute atomic E-state index is 0.176. The predicted octanol–water partition coefficient (Wildman–Crippen LogP) is 1.06. The van der Waals surface area contributed by atoms with Crippen LogP contribution in [0.25, 0.3) is 0 Å². The molecule has 0 radical (unpaired) electrons. The van der Waals surface area contributed by atoms with Crippen molar-refractivity contribution in [3.05, 3.63) is 11.9 Å². The maximum Gasteiger partial charge on any atom is 0.407 e. The van der Waals surface area contributed by atoms with Gasteiger partial charge in [0.1, 0.15) is 5.60 Å². The maximum atomic E-state index is 13.6. The number of rotatable bonds is 6. The SMILES string of the molecule is Cn1cc(CNCC(F)(F)CNC(=O)OC(C)(C)C)nn1. The average molecular weight is 305 g/mol. The number of nitrogens with one attached hydrogen (secondary N) is 2. The van der Waals surface area contributed by atoms with Gasteiger partial charge >= 0.3 is 6.09 Å². The molecule has 0 atom stereocenters. The van der Waals surface area contributed by atoms with Gasteiger partial charge in [-0.15, -0.1) is 5.10 Å². The molecule has 0 bridgehead atoms. The number of ether oxygens (including phenoxy) is 1. The summed E-state index contributed by atoms with van der Waals surface area (Å²) in [7, 11) is 1.69. The van der Waals surface area contributed by atoms with E-state index < -0.39 is 30.7 Å². The molecule has 120 valence electrons. The number of aryl methyl sites for hydroxylation is 1. The molecule has 1 rings (SSSR count). The van der Waals surface area contributed by atoms with E-state index >= 15 is 0 Å². The monoisotopic (exact) mass is 305 g/mol. The van der Waals surface area contributed by atoms with Gasteiger partial charge in [-0.25, -0.2) is 13.6 Å². The molecule has 1 aromatic rings. The van der Waals surface area contributed by atoms with E-state index in [-0.39, 0.29) is 6.54 Å². The molecule has 0 unspecified atom stereocenters. The number of alkyl carbamates (subject to hydrolysis) is 1. The van der Waals surface area contributed by atoms with E-state index in [0.717, 1.165) is 0 Å². The van der Waals surface area contributed by atoms with Crippen molar-refractivity contribution in [1.82, 2.24) is 25.6 Å². The molecule has 0 aliphatic rings. The quantitative estimate of drug-likeness (QED) is 0.821. The summed E-state index contributed by atoms with van der Waals surface area (Å²) in [6.07, 6.45) is 0.764. The van der Waals surface area contributed by atoms with Crippen molar-refractivity contribution in [2.75, 3.05) is 13.1 Å². The van der Waals surface area contributed by atoms with Gasteiger partial charge in [0, 0.05) is 19.8 Å². The fourth-order valence-electron chi connectivity index (χ4n) is 1.43. The second kappa shape index (κ2) is 6.79. The summed E-state index contributed by atoms with van der Waals surface area (Å²) in [4.78, 5) is 11.3. The van der Waals surface area contributed by atoms with Crippen molar-refractivity contribution < 1.29 is 18.3 Å².